The van der Waals surface area contributed by atoms with E-state index in [-0.39, 0.29) is 18.4 Å². The summed E-state index contributed by atoms with van der Waals surface area (Å²) in [5.74, 6) is -0.393. The van der Waals surface area contributed by atoms with Gasteiger partial charge in [0, 0.05) is 19.4 Å². The Labute approximate surface area is 146 Å². The standard InChI is InChI=1S/C18H21FN4O2/c1-5-18(25)22(4)11-17(24)21-12(2)14-6-7-16(15(19)10-14)23-9-8-20-13(23)3/h5-10,12H,1,11H2,2-4H3,(H,21,24). The summed E-state index contributed by atoms with van der Waals surface area (Å²) in [6.45, 7) is 6.82. The lowest BCUT2D eigenvalue weighted by Crippen LogP contribution is -2.38. The molecule has 0 aliphatic carbocycles. The average Bonchev–Trinajstić information content (AvgIpc) is 2.99. The second-order valence-electron chi connectivity index (χ2n) is 5.74. The third kappa shape index (κ3) is 4.32. The number of carbonyl (C=O) groups is 2. The van der Waals surface area contributed by atoms with Crippen LogP contribution in [0.15, 0.2) is 43.2 Å². The number of imidazole rings is 1. The van der Waals surface area contributed by atoms with Gasteiger partial charge in [0.25, 0.3) is 0 Å². The van der Waals surface area contributed by atoms with Gasteiger partial charge in [-0.25, -0.2) is 9.37 Å². The van der Waals surface area contributed by atoms with Gasteiger partial charge in [-0.15, -0.1) is 0 Å². The van der Waals surface area contributed by atoms with Crippen molar-refractivity contribution >= 4 is 11.8 Å². The molecule has 6 nitrogen and oxygen atoms in total. The normalized spacial score (nSPS) is 11.7. The van der Waals surface area contributed by atoms with Gasteiger partial charge in [0.15, 0.2) is 0 Å². The van der Waals surface area contributed by atoms with E-state index in [0.29, 0.717) is 17.1 Å². The van der Waals surface area contributed by atoms with Crippen LogP contribution in [0.25, 0.3) is 5.69 Å². The number of nitrogens with one attached hydrogen (secondary N) is 1. The predicted octanol–water partition coefficient (Wildman–Crippen LogP) is 2.14. The number of carbonyl (C=O) groups excluding carboxylic acids is 2. The largest absolute Gasteiger partial charge is 0.348 e. The second kappa shape index (κ2) is 7.74. The molecule has 1 aromatic heterocycles. The van der Waals surface area contributed by atoms with Crippen LogP contribution in [-0.2, 0) is 9.59 Å². The number of amides is 2. The van der Waals surface area contributed by atoms with Crippen LogP contribution in [-0.4, -0.2) is 39.9 Å². The number of nitrogens with zero attached hydrogens (tertiary/aromatic N) is 3. The van der Waals surface area contributed by atoms with Crippen molar-refractivity contribution in [1.82, 2.24) is 19.8 Å². The van der Waals surface area contributed by atoms with Crippen molar-refractivity contribution in [3.05, 3.63) is 60.5 Å². The van der Waals surface area contributed by atoms with Gasteiger partial charge in [-0.3, -0.25) is 9.59 Å². The van der Waals surface area contributed by atoms with E-state index in [2.05, 4.69) is 16.9 Å². The first kappa shape index (κ1) is 18.4. The molecule has 25 heavy (non-hydrogen) atoms. The summed E-state index contributed by atoms with van der Waals surface area (Å²) in [4.78, 5) is 28.7. The molecule has 0 radical (unpaired) electrons. The Hall–Kier alpha value is -2.96. The molecular weight excluding hydrogens is 323 g/mol. The number of hydrogen-bond acceptors (Lipinski definition) is 3. The van der Waals surface area contributed by atoms with E-state index in [1.54, 1.807) is 42.9 Å². The van der Waals surface area contributed by atoms with Crippen LogP contribution in [0.3, 0.4) is 0 Å². The highest BCUT2D eigenvalue weighted by Gasteiger charge is 2.15. The molecule has 0 fully saturated rings. The van der Waals surface area contributed by atoms with E-state index in [1.807, 2.05) is 0 Å². The van der Waals surface area contributed by atoms with Crippen molar-refractivity contribution in [2.45, 2.75) is 19.9 Å². The lowest BCUT2D eigenvalue weighted by molar-refractivity contribution is -0.131. The summed E-state index contributed by atoms with van der Waals surface area (Å²) in [7, 11) is 1.51. The molecule has 1 aromatic carbocycles. The smallest absolute Gasteiger partial charge is 0.246 e. The highest BCUT2D eigenvalue weighted by atomic mass is 19.1. The number of rotatable bonds is 6. The fourth-order valence-corrected chi connectivity index (χ4v) is 2.44. The van der Waals surface area contributed by atoms with Gasteiger partial charge in [-0.1, -0.05) is 12.6 Å². The number of hydrogen-bond donors (Lipinski definition) is 1. The Balaban J connectivity index is 2.07. The maximum absolute atomic E-state index is 14.4. The van der Waals surface area contributed by atoms with Gasteiger partial charge in [-0.2, -0.15) is 0 Å². The molecule has 1 unspecified atom stereocenters. The van der Waals surface area contributed by atoms with E-state index in [4.69, 9.17) is 0 Å². The molecule has 0 saturated heterocycles. The predicted molar refractivity (Wildman–Crippen MR) is 92.7 cm³/mol. The van der Waals surface area contributed by atoms with E-state index in [9.17, 15) is 14.0 Å². The molecule has 1 atom stereocenters. The van der Waals surface area contributed by atoms with Crippen molar-refractivity contribution in [3.63, 3.8) is 0 Å². The summed E-state index contributed by atoms with van der Waals surface area (Å²) in [5.41, 5.74) is 1.03. The van der Waals surface area contributed by atoms with Gasteiger partial charge in [-0.05, 0) is 37.6 Å². The minimum absolute atomic E-state index is 0.0933. The molecule has 0 aliphatic heterocycles. The minimum atomic E-state index is -0.404. The molecule has 2 aromatic rings. The molecule has 2 amide bonds. The van der Waals surface area contributed by atoms with Crippen LogP contribution in [0.1, 0.15) is 24.4 Å². The third-order valence-corrected chi connectivity index (χ3v) is 3.87. The van der Waals surface area contributed by atoms with Crippen molar-refractivity contribution in [2.24, 2.45) is 0 Å². The molecule has 0 spiro atoms. The number of benzene rings is 1. The molecule has 1 heterocycles. The second-order valence-corrected chi connectivity index (χ2v) is 5.74. The lowest BCUT2D eigenvalue weighted by Gasteiger charge is -2.19. The van der Waals surface area contributed by atoms with Crippen molar-refractivity contribution in [2.75, 3.05) is 13.6 Å². The molecule has 0 aliphatic rings. The number of aromatic nitrogens is 2. The highest BCUT2D eigenvalue weighted by molar-refractivity contribution is 5.90. The van der Waals surface area contributed by atoms with Crippen LogP contribution in [0.5, 0.6) is 0 Å². The van der Waals surface area contributed by atoms with Crippen LogP contribution >= 0.6 is 0 Å². The Morgan fingerprint density at radius 1 is 1.48 bits per heavy atom. The first-order chi connectivity index (χ1) is 11.8. The van der Waals surface area contributed by atoms with Gasteiger partial charge in [0.05, 0.1) is 18.3 Å². The Morgan fingerprint density at radius 2 is 2.20 bits per heavy atom. The lowest BCUT2D eigenvalue weighted by atomic mass is 10.1. The Morgan fingerprint density at radius 3 is 2.76 bits per heavy atom. The zero-order valence-corrected chi connectivity index (χ0v) is 14.5. The monoisotopic (exact) mass is 344 g/mol. The van der Waals surface area contributed by atoms with Gasteiger partial charge in [0.2, 0.25) is 11.8 Å². The topological polar surface area (TPSA) is 67.2 Å². The third-order valence-electron chi connectivity index (χ3n) is 3.87. The van der Waals surface area contributed by atoms with Gasteiger partial charge < -0.3 is 14.8 Å². The van der Waals surface area contributed by atoms with E-state index in [1.165, 1.54) is 18.0 Å². The summed E-state index contributed by atoms with van der Waals surface area (Å²) in [6, 6.07) is 4.39. The maximum atomic E-state index is 14.4. The van der Waals surface area contributed by atoms with E-state index >= 15 is 0 Å². The average molecular weight is 344 g/mol. The van der Waals surface area contributed by atoms with Crippen LogP contribution in [0.2, 0.25) is 0 Å². The zero-order valence-electron chi connectivity index (χ0n) is 14.5. The Kier molecular flexibility index (Phi) is 5.69. The molecule has 1 N–H and O–H groups in total. The Bertz CT molecular complexity index is 800. The van der Waals surface area contributed by atoms with E-state index in [0.717, 1.165) is 6.08 Å². The first-order valence-corrected chi connectivity index (χ1v) is 7.80. The summed E-state index contributed by atoms with van der Waals surface area (Å²) < 4.78 is 16.1. The molecule has 132 valence electrons. The van der Waals surface area contributed by atoms with Crippen LogP contribution in [0.4, 0.5) is 4.39 Å². The van der Waals surface area contributed by atoms with Crippen molar-refractivity contribution < 1.29 is 14.0 Å². The van der Waals surface area contributed by atoms with Gasteiger partial charge >= 0.3 is 0 Å². The van der Waals surface area contributed by atoms with Gasteiger partial charge in [0.1, 0.15) is 11.6 Å². The fraction of sp³-hybridized carbons (Fsp3) is 0.278. The molecule has 2 rings (SSSR count). The number of halogens is 1. The summed E-state index contributed by atoms with van der Waals surface area (Å²) in [5, 5.41) is 2.75. The summed E-state index contributed by atoms with van der Waals surface area (Å²) in [6.07, 6.45) is 4.43. The summed E-state index contributed by atoms with van der Waals surface area (Å²) >= 11 is 0. The van der Waals surface area contributed by atoms with Crippen LogP contribution < -0.4 is 5.32 Å². The quantitative estimate of drug-likeness (QED) is 0.817. The van der Waals surface area contributed by atoms with Crippen molar-refractivity contribution in [1.29, 1.82) is 0 Å². The number of likely N-dealkylation sites (N-methyl/N-ethyl adjacent to an activating group) is 1. The minimum Gasteiger partial charge on any atom is -0.348 e. The maximum Gasteiger partial charge on any atom is 0.246 e. The van der Waals surface area contributed by atoms with Crippen molar-refractivity contribution in [3.8, 4) is 5.69 Å². The zero-order chi connectivity index (χ0) is 18.6. The molecule has 0 bridgehead atoms. The van der Waals surface area contributed by atoms with E-state index < -0.39 is 11.9 Å². The first-order valence-electron chi connectivity index (χ1n) is 7.80. The highest BCUT2D eigenvalue weighted by Crippen LogP contribution is 2.20. The molecular formula is C18H21FN4O2. The van der Waals surface area contributed by atoms with Crippen LogP contribution in [0, 0.1) is 12.7 Å². The molecule has 0 saturated carbocycles. The molecule has 7 heteroatoms. The number of aryl methyl sites for hydroxylation is 1. The SMILES string of the molecule is C=CC(=O)N(C)CC(=O)NC(C)c1ccc(-n2ccnc2C)c(F)c1. The fourth-order valence-electron chi connectivity index (χ4n) is 2.44.